The van der Waals surface area contributed by atoms with E-state index in [0.717, 1.165) is 11.1 Å². The summed E-state index contributed by atoms with van der Waals surface area (Å²) in [6.45, 7) is 10.1. The molecule has 0 saturated carbocycles. The van der Waals surface area contributed by atoms with Crippen molar-refractivity contribution in [3.63, 3.8) is 0 Å². The van der Waals surface area contributed by atoms with Crippen LogP contribution in [0.3, 0.4) is 0 Å². The van der Waals surface area contributed by atoms with Crippen LogP contribution >= 0.6 is 0 Å². The van der Waals surface area contributed by atoms with Gasteiger partial charge < -0.3 is 29.9 Å². The summed E-state index contributed by atoms with van der Waals surface area (Å²) in [5.41, 5.74) is 5.72. The van der Waals surface area contributed by atoms with E-state index in [4.69, 9.17) is 0 Å². The zero-order valence-corrected chi connectivity index (χ0v) is 16.6. The Kier molecular flexibility index (Phi) is 14.3. The van der Waals surface area contributed by atoms with Crippen molar-refractivity contribution in [3.05, 3.63) is 58.1 Å². The van der Waals surface area contributed by atoms with Gasteiger partial charge in [0.1, 0.15) is 5.75 Å². The molecule has 0 aliphatic heterocycles. The van der Waals surface area contributed by atoms with Gasteiger partial charge in [0, 0.05) is 0 Å². The molecule has 0 unspecified atom stereocenters. The van der Waals surface area contributed by atoms with Crippen LogP contribution in [0.15, 0.2) is 30.3 Å². The summed E-state index contributed by atoms with van der Waals surface area (Å²) < 4.78 is 0. The first-order valence-electron chi connectivity index (χ1n) is 5.89. The SMILES string of the molecule is Cc1c(C)c(C)c(O)c(C)c1C.[Cl-].[Cl-].[Zr+3].c1cc[cH-]c1. The summed E-state index contributed by atoms with van der Waals surface area (Å²) in [5, 5.41) is 9.69. The third-order valence-electron chi connectivity index (χ3n) is 3.52. The maximum atomic E-state index is 9.69. The molecule has 0 bridgehead atoms. The van der Waals surface area contributed by atoms with Gasteiger partial charge in [0.05, 0.1) is 0 Å². The number of phenols is 1. The molecule has 0 atom stereocenters. The Bertz CT molecular complexity index is 371. The number of halogens is 2. The zero-order valence-electron chi connectivity index (χ0n) is 12.6. The Labute approximate surface area is 154 Å². The van der Waals surface area contributed by atoms with Gasteiger partial charge in [-0.25, -0.2) is 12.1 Å². The fourth-order valence-electron chi connectivity index (χ4n) is 1.80. The van der Waals surface area contributed by atoms with Crippen LogP contribution in [0.4, 0.5) is 0 Å². The van der Waals surface area contributed by atoms with E-state index in [1.165, 1.54) is 16.7 Å². The molecule has 0 saturated heterocycles. The predicted octanol–water partition coefficient (Wildman–Crippen LogP) is -1.65. The van der Waals surface area contributed by atoms with Gasteiger partial charge in [-0.3, -0.25) is 0 Å². The van der Waals surface area contributed by atoms with Crippen LogP contribution < -0.4 is 24.8 Å². The van der Waals surface area contributed by atoms with Gasteiger partial charge in [-0.2, -0.15) is 18.2 Å². The Morgan fingerprint density at radius 3 is 1.25 bits per heavy atom. The molecule has 0 fully saturated rings. The van der Waals surface area contributed by atoms with E-state index in [9.17, 15) is 5.11 Å². The molecule has 0 aliphatic carbocycles. The third kappa shape index (κ3) is 6.08. The average Bonchev–Trinajstić information content (AvgIpc) is 2.90. The molecular weight excluding hydrogens is 370 g/mol. The molecule has 2 aromatic carbocycles. The van der Waals surface area contributed by atoms with Crippen molar-refractivity contribution in [2.24, 2.45) is 0 Å². The number of hydrogen-bond donors (Lipinski definition) is 1. The second-order valence-corrected chi connectivity index (χ2v) is 4.44. The van der Waals surface area contributed by atoms with Crippen molar-refractivity contribution in [3.8, 4) is 5.75 Å². The maximum Gasteiger partial charge on any atom is 3.00 e. The van der Waals surface area contributed by atoms with Gasteiger partial charge in [0.15, 0.2) is 0 Å². The molecule has 2 aromatic rings. The number of benzene rings is 1. The van der Waals surface area contributed by atoms with Gasteiger partial charge in [0.25, 0.3) is 0 Å². The molecule has 0 amide bonds. The summed E-state index contributed by atoms with van der Waals surface area (Å²) in [5.74, 6) is 0.454. The monoisotopic (exact) mass is 389 g/mol. The van der Waals surface area contributed by atoms with Crippen LogP contribution in [0.25, 0.3) is 0 Å². The molecule has 109 valence electrons. The smallest absolute Gasteiger partial charge is 1.00 e. The summed E-state index contributed by atoms with van der Waals surface area (Å²) in [4.78, 5) is 0. The number of phenolic OH excluding ortho intramolecular Hbond substituents is 1. The van der Waals surface area contributed by atoms with Crippen LogP contribution in [-0.2, 0) is 26.2 Å². The minimum absolute atomic E-state index is 0. The molecule has 0 spiro atoms. The van der Waals surface area contributed by atoms with E-state index in [0.29, 0.717) is 5.75 Å². The van der Waals surface area contributed by atoms with Crippen LogP contribution in [0.1, 0.15) is 27.8 Å². The van der Waals surface area contributed by atoms with E-state index in [-0.39, 0.29) is 51.0 Å². The van der Waals surface area contributed by atoms with Gasteiger partial charge in [-0.05, 0) is 62.4 Å². The molecule has 1 N–H and O–H groups in total. The van der Waals surface area contributed by atoms with Crippen molar-refractivity contribution < 1.29 is 56.1 Å². The van der Waals surface area contributed by atoms with Crippen molar-refractivity contribution in [1.82, 2.24) is 0 Å². The first kappa shape index (κ1) is 24.8. The molecule has 0 aliphatic rings. The van der Waals surface area contributed by atoms with Crippen LogP contribution in [0.5, 0.6) is 5.75 Å². The minimum atomic E-state index is 0. The number of hydrogen-bond acceptors (Lipinski definition) is 1. The van der Waals surface area contributed by atoms with Crippen molar-refractivity contribution in [2.75, 3.05) is 0 Å². The molecule has 1 radical (unpaired) electrons. The topological polar surface area (TPSA) is 20.2 Å². The quantitative estimate of drug-likeness (QED) is 0.534. The second kappa shape index (κ2) is 11.5. The molecule has 2 rings (SSSR count). The normalized spacial score (nSPS) is 8.25. The van der Waals surface area contributed by atoms with E-state index in [1.807, 2.05) is 44.2 Å². The zero-order chi connectivity index (χ0) is 13.0. The number of rotatable bonds is 0. The van der Waals surface area contributed by atoms with Crippen LogP contribution in [-0.4, -0.2) is 5.11 Å². The van der Waals surface area contributed by atoms with E-state index in [1.54, 1.807) is 0 Å². The van der Waals surface area contributed by atoms with Gasteiger partial charge in [0.2, 0.25) is 0 Å². The molecule has 4 heteroatoms. The summed E-state index contributed by atoms with van der Waals surface area (Å²) in [7, 11) is 0. The standard InChI is InChI=1S/C11H16O.C5H5.2ClH.Zr/c1-6-7(2)9(4)11(12)10(5)8(6)3;1-2-4-5-3-1;;;/h12H,1-5H3;1-5H;2*1H;/q;-1;;;+3/p-2. The molecule has 1 nitrogen and oxygen atoms in total. The van der Waals surface area contributed by atoms with Crippen LogP contribution in [0.2, 0.25) is 0 Å². The average molecular weight is 391 g/mol. The maximum absolute atomic E-state index is 9.69. The fourth-order valence-corrected chi connectivity index (χ4v) is 1.80. The first-order chi connectivity index (χ1) is 7.96. The Morgan fingerprint density at radius 1 is 0.700 bits per heavy atom. The minimum Gasteiger partial charge on any atom is -1.00 e. The second-order valence-electron chi connectivity index (χ2n) is 4.44. The van der Waals surface area contributed by atoms with Gasteiger partial charge in [-0.15, -0.1) is 0 Å². The molecule has 20 heavy (non-hydrogen) atoms. The number of aromatic hydroxyl groups is 1. The van der Waals surface area contributed by atoms with Crippen molar-refractivity contribution in [1.29, 1.82) is 0 Å². The Morgan fingerprint density at radius 2 is 1.00 bits per heavy atom. The third-order valence-corrected chi connectivity index (χ3v) is 3.52. The largest absolute Gasteiger partial charge is 3.00 e. The van der Waals surface area contributed by atoms with Crippen molar-refractivity contribution in [2.45, 2.75) is 34.6 Å². The van der Waals surface area contributed by atoms with E-state index in [2.05, 4.69) is 20.8 Å². The van der Waals surface area contributed by atoms with E-state index < -0.39 is 0 Å². The molecular formula is C16H21Cl2OZr. The van der Waals surface area contributed by atoms with E-state index >= 15 is 0 Å². The van der Waals surface area contributed by atoms with Gasteiger partial charge >= 0.3 is 26.2 Å². The summed E-state index contributed by atoms with van der Waals surface area (Å²) >= 11 is 0. The Balaban J connectivity index is -0.000000312. The molecule has 0 heterocycles. The fraction of sp³-hybridized carbons (Fsp3) is 0.312. The van der Waals surface area contributed by atoms with Gasteiger partial charge in [-0.1, -0.05) is 0 Å². The summed E-state index contributed by atoms with van der Waals surface area (Å²) in [6, 6.07) is 10.0. The first-order valence-corrected chi connectivity index (χ1v) is 5.89. The predicted molar refractivity (Wildman–Crippen MR) is 73.8 cm³/mol. The Hall–Kier alpha value is -0.167. The van der Waals surface area contributed by atoms with Crippen LogP contribution in [0, 0.1) is 34.6 Å². The molecule has 0 aromatic heterocycles. The van der Waals surface area contributed by atoms with Crippen molar-refractivity contribution >= 4 is 0 Å². The summed E-state index contributed by atoms with van der Waals surface area (Å²) in [6.07, 6.45) is 0.